The Kier molecular flexibility index (Phi) is 8.29. The van der Waals surface area contributed by atoms with Gasteiger partial charge in [0.05, 0.1) is 34.4 Å². The van der Waals surface area contributed by atoms with Crippen molar-refractivity contribution in [2.45, 2.75) is 6.54 Å². The van der Waals surface area contributed by atoms with Gasteiger partial charge in [-0.1, -0.05) is 6.07 Å². The van der Waals surface area contributed by atoms with Crippen LogP contribution in [0.25, 0.3) is 0 Å². The van der Waals surface area contributed by atoms with E-state index in [1.54, 1.807) is 63.6 Å². The standard InChI is InChI=1S/C21H27N3O5/c1-24(14-21(26)23-16-6-8-17(27-2)9-7-16)13-20(25)22-12-15-5-10-18(28-3)19(11-15)29-4/h5-11H,12-14H2,1-4H3,(H,22,25)(H,23,26). The van der Waals surface area contributed by atoms with E-state index in [0.29, 0.717) is 29.5 Å². The number of likely N-dealkylation sites (N-methyl/N-ethyl adjacent to an activating group) is 1. The molecule has 0 saturated heterocycles. The molecule has 0 radical (unpaired) electrons. The van der Waals surface area contributed by atoms with Gasteiger partial charge in [0.25, 0.3) is 0 Å². The van der Waals surface area contributed by atoms with E-state index in [1.165, 1.54) is 0 Å². The largest absolute Gasteiger partial charge is 0.497 e. The van der Waals surface area contributed by atoms with Crippen molar-refractivity contribution in [2.75, 3.05) is 46.8 Å². The van der Waals surface area contributed by atoms with Gasteiger partial charge in [0.1, 0.15) is 5.75 Å². The fraction of sp³-hybridized carbons (Fsp3) is 0.333. The molecule has 0 aliphatic rings. The van der Waals surface area contributed by atoms with Gasteiger partial charge >= 0.3 is 0 Å². The van der Waals surface area contributed by atoms with Crippen molar-refractivity contribution in [1.82, 2.24) is 10.2 Å². The van der Waals surface area contributed by atoms with E-state index in [0.717, 1.165) is 5.56 Å². The first-order valence-electron chi connectivity index (χ1n) is 9.05. The zero-order chi connectivity index (χ0) is 21.2. The number of rotatable bonds is 10. The maximum Gasteiger partial charge on any atom is 0.238 e. The van der Waals surface area contributed by atoms with Gasteiger partial charge in [0.2, 0.25) is 11.8 Å². The molecule has 29 heavy (non-hydrogen) atoms. The van der Waals surface area contributed by atoms with Gasteiger partial charge in [-0.15, -0.1) is 0 Å². The summed E-state index contributed by atoms with van der Waals surface area (Å²) < 4.78 is 15.5. The molecule has 0 saturated carbocycles. The predicted molar refractivity (Wildman–Crippen MR) is 111 cm³/mol. The summed E-state index contributed by atoms with van der Waals surface area (Å²) in [5.74, 6) is 1.56. The van der Waals surface area contributed by atoms with E-state index in [4.69, 9.17) is 14.2 Å². The summed E-state index contributed by atoms with van der Waals surface area (Å²) >= 11 is 0. The fourth-order valence-corrected chi connectivity index (χ4v) is 2.67. The molecule has 0 aromatic heterocycles. The van der Waals surface area contributed by atoms with E-state index in [-0.39, 0.29) is 24.9 Å². The van der Waals surface area contributed by atoms with Crippen LogP contribution >= 0.6 is 0 Å². The van der Waals surface area contributed by atoms with E-state index >= 15 is 0 Å². The quantitative estimate of drug-likeness (QED) is 0.632. The number of hydrogen-bond acceptors (Lipinski definition) is 6. The van der Waals surface area contributed by atoms with Crippen molar-refractivity contribution in [3.63, 3.8) is 0 Å². The molecule has 0 spiro atoms. The number of hydrogen-bond donors (Lipinski definition) is 2. The monoisotopic (exact) mass is 401 g/mol. The average Bonchev–Trinajstić information content (AvgIpc) is 2.72. The molecule has 2 rings (SSSR count). The molecule has 2 amide bonds. The molecule has 8 nitrogen and oxygen atoms in total. The first-order valence-corrected chi connectivity index (χ1v) is 9.05. The normalized spacial score (nSPS) is 10.4. The first kappa shape index (κ1) is 22.0. The Balaban J connectivity index is 1.77. The molecule has 8 heteroatoms. The summed E-state index contributed by atoms with van der Waals surface area (Å²) in [7, 11) is 6.43. The lowest BCUT2D eigenvalue weighted by Gasteiger charge is -2.16. The first-order chi connectivity index (χ1) is 13.9. The van der Waals surface area contributed by atoms with Gasteiger partial charge in [-0.3, -0.25) is 14.5 Å². The summed E-state index contributed by atoms with van der Waals surface area (Å²) in [6, 6.07) is 12.5. The molecular weight excluding hydrogens is 374 g/mol. The molecule has 2 N–H and O–H groups in total. The van der Waals surface area contributed by atoms with Crippen LogP contribution in [0.5, 0.6) is 17.2 Å². The highest BCUT2D eigenvalue weighted by molar-refractivity contribution is 5.92. The molecular formula is C21H27N3O5. The molecule has 0 atom stereocenters. The molecule has 0 unspecified atom stereocenters. The number of anilines is 1. The lowest BCUT2D eigenvalue weighted by molar-refractivity contribution is -0.123. The third-order valence-corrected chi connectivity index (χ3v) is 4.14. The summed E-state index contributed by atoms with van der Waals surface area (Å²) in [4.78, 5) is 25.9. The van der Waals surface area contributed by atoms with E-state index < -0.39 is 0 Å². The van der Waals surface area contributed by atoms with Crippen molar-refractivity contribution >= 4 is 17.5 Å². The highest BCUT2D eigenvalue weighted by Gasteiger charge is 2.12. The maximum absolute atomic E-state index is 12.2. The smallest absolute Gasteiger partial charge is 0.238 e. The van der Waals surface area contributed by atoms with Gasteiger partial charge in [0, 0.05) is 12.2 Å². The van der Waals surface area contributed by atoms with Crippen LogP contribution in [-0.2, 0) is 16.1 Å². The number of nitrogens with zero attached hydrogens (tertiary/aromatic N) is 1. The van der Waals surface area contributed by atoms with Crippen LogP contribution in [0.4, 0.5) is 5.69 Å². The van der Waals surface area contributed by atoms with Gasteiger partial charge in [-0.05, 0) is 49.0 Å². The summed E-state index contributed by atoms with van der Waals surface area (Å²) in [6.45, 7) is 0.546. The average molecular weight is 401 g/mol. The van der Waals surface area contributed by atoms with Crippen LogP contribution in [0.2, 0.25) is 0 Å². The molecule has 0 bridgehead atoms. The van der Waals surface area contributed by atoms with Crippen molar-refractivity contribution in [3.05, 3.63) is 48.0 Å². The molecule has 0 aliphatic heterocycles. The Labute approximate surface area is 170 Å². The van der Waals surface area contributed by atoms with Gasteiger partial charge < -0.3 is 24.8 Å². The van der Waals surface area contributed by atoms with Gasteiger partial charge in [0.15, 0.2) is 11.5 Å². The van der Waals surface area contributed by atoms with Gasteiger partial charge in [-0.25, -0.2) is 0 Å². The Morgan fingerprint density at radius 3 is 2.14 bits per heavy atom. The zero-order valence-electron chi connectivity index (χ0n) is 17.2. The van der Waals surface area contributed by atoms with Crippen LogP contribution in [0.3, 0.4) is 0 Å². The predicted octanol–water partition coefficient (Wildman–Crippen LogP) is 1.90. The van der Waals surface area contributed by atoms with E-state index in [2.05, 4.69) is 10.6 Å². The Bertz CT molecular complexity index is 824. The number of benzene rings is 2. The highest BCUT2D eigenvalue weighted by atomic mass is 16.5. The lowest BCUT2D eigenvalue weighted by Crippen LogP contribution is -2.38. The molecule has 156 valence electrons. The Morgan fingerprint density at radius 1 is 0.862 bits per heavy atom. The summed E-state index contributed by atoms with van der Waals surface area (Å²) in [5, 5.41) is 5.62. The van der Waals surface area contributed by atoms with Crippen LogP contribution in [0.15, 0.2) is 42.5 Å². The Morgan fingerprint density at radius 2 is 1.52 bits per heavy atom. The minimum absolute atomic E-state index is 0.0931. The fourth-order valence-electron chi connectivity index (χ4n) is 2.67. The minimum atomic E-state index is -0.203. The number of ether oxygens (including phenoxy) is 3. The summed E-state index contributed by atoms with van der Waals surface area (Å²) in [6.07, 6.45) is 0. The number of carbonyl (C=O) groups is 2. The highest BCUT2D eigenvalue weighted by Crippen LogP contribution is 2.27. The zero-order valence-corrected chi connectivity index (χ0v) is 17.2. The van der Waals surface area contributed by atoms with E-state index in [9.17, 15) is 9.59 Å². The number of amides is 2. The van der Waals surface area contributed by atoms with Crippen LogP contribution in [0, 0.1) is 0 Å². The summed E-state index contributed by atoms with van der Waals surface area (Å²) in [5.41, 5.74) is 1.55. The molecule has 2 aromatic rings. The van der Waals surface area contributed by atoms with Crippen molar-refractivity contribution in [3.8, 4) is 17.2 Å². The number of methoxy groups -OCH3 is 3. The second-order valence-corrected chi connectivity index (χ2v) is 6.42. The molecule has 0 aliphatic carbocycles. The maximum atomic E-state index is 12.2. The second-order valence-electron chi connectivity index (χ2n) is 6.42. The topological polar surface area (TPSA) is 89.1 Å². The Hall–Kier alpha value is -3.26. The third-order valence-electron chi connectivity index (χ3n) is 4.14. The SMILES string of the molecule is COc1ccc(NC(=O)CN(C)CC(=O)NCc2ccc(OC)c(OC)c2)cc1. The van der Waals surface area contributed by atoms with Crippen molar-refractivity contribution < 1.29 is 23.8 Å². The molecule has 0 heterocycles. The van der Waals surface area contributed by atoms with E-state index in [1.807, 2.05) is 12.1 Å². The van der Waals surface area contributed by atoms with Crippen LogP contribution in [-0.4, -0.2) is 58.2 Å². The molecule has 2 aromatic carbocycles. The van der Waals surface area contributed by atoms with Crippen LogP contribution < -0.4 is 24.8 Å². The minimum Gasteiger partial charge on any atom is -0.497 e. The van der Waals surface area contributed by atoms with Crippen LogP contribution in [0.1, 0.15) is 5.56 Å². The van der Waals surface area contributed by atoms with Crippen molar-refractivity contribution in [1.29, 1.82) is 0 Å². The number of carbonyl (C=O) groups excluding carboxylic acids is 2. The lowest BCUT2D eigenvalue weighted by atomic mass is 10.2. The van der Waals surface area contributed by atoms with Gasteiger partial charge in [-0.2, -0.15) is 0 Å². The second kappa shape index (κ2) is 10.9. The van der Waals surface area contributed by atoms with Crippen molar-refractivity contribution in [2.24, 2.45) is 0 Å². The molecule has 0 fully saturated rings. The number of nitrogens with one attached hydrogen (secondary N) is 2. The third kappa shape index (κ3) is 7.00.